The first-order chi connectivity index (χ1) is 9.56. The van der Waals surface area contributed by atoms with Gasteiger partial charge in [-0.05, 0) is 62.7 Å². The zero-order valence-corrected chi connectivity index (χ0v) is 13.3. The van der Waals surface area contributed by atoms with Crippen molar-refractivity contribution < 1.29 is 4.79 Å². The van der Waals surface area contributed by atoms with Gasteiger partial charge in [0.1, 0.15) is 0 Å². The molecule has 1 aliphatic heterocycles. The molecule has 2 aliphatic rings. The Kier molecular flexibility index (Phi) is 5.88. The average Bonchev–Trinajstić information content (AvgIpc) is 2.46. The number of nitrogens with two attached hydrogens (primary N) is 1. The van der Waals surface area contributed by atoms with Gasteiger partial charge in [-0.3, -0.25) is 4.79 Å². The van der Waals surface area contributed by atoms with E-state index >= 15 is 0 Å². The number of carbonyl (C=O) groups excluding carboxylic acids is 1. The molecule has 20 heavy (non-hydrogen) atoms. The van der Waals surface area contributed by atoms with E-state index in [9.17, 15) is 4.79 Å². The fraction of sp³-hybridized carbons (Fsp3) is 0.941. The van der Waals surface area contributed by atoms with Crippen LogP contribution in [0.2, 0.25) is 0 Å². The zero-order chi connectivity index (χ0) is 14.5. The van der Waals surface area contributed by atoms with Crippen LogP contribution in [-0.2, 0) is 4.79 Å². The number of amides is 1. The number of carbonyl (C=O) groups is 1. The minimum atomic E-state index is 0.391. The summed E-state index contributed by atoms with van der Waals surface area (Å²) in [6, 6.07) is 0.414. The molecule has 3 heteroatoms. The number of hydrogen-bond donors (Lipinski definition) is 1. The summed E-state index contributed by atoms with van der Waals surface area (Å²) in [6.45, 7) is 6.57. The van der Waals surface area contributed by atoms with Crippen LogP contribution in [0.15, 0.2) is 0 Å². The van der Waals surface area contributed by atoms with Gasteiger partial charge in [0.05, 0.1) is 0 Å². The first-order valence-electron chi connectivity index (χ1n) is 8.59. The van der Waals surface area contributed by atoms with Crippen LogP contribution in [0.3, 0.4) is 0 Å². The van der Waals surface area contributed by atoms with Gasteiger partial charge in [-0.25, -0.2) is 0 Å². The third kappa shape index (κ3) is 4.47. The van der Waals surface area contributed by atoms with E-state index in [1.165, 1.54) is 25.7 Å². The van der Waals surface area contributed by atoms with E-state index in [0.29, 0.717) is 11.9 Å². The van der Waals surface area contributed by atoms with E-state index < -0.39 is 0 Å². The lowest BCUT2D eigenvalue weighted by molar-refractivity contribution is -0.133. The van der Waals surface area contributed by atoms with Crippen molar-refractivity contribution in [1.29, 1.82) is 0 Å². The van der Waals surface area contributed by atoms with E-state index in [1.807, 2.05) is 0 Å². The number of hydrogen-bond acceptors (Lipinski definition) is 2. The molecule has 0 bridgehead atoms. The van der Waals surface area contributed by atoms with Gasteiger partial charge < -0.3 is 10.6 Å². The maximum atomic E-state index is 12.3. The molecule has 0 aromatic rings. The quantitative estimate of drug-likeness (QED) is 0.859. The van der Waals surface area contributed by atoms with E-state index in [2.05, 4.69) is 18.7 Å². The Morgan fingerprint density at radius 1 is 1.10 bits per heavy atom. The van der Waals surface area contributed by atoms with E-state index in [1.54, 1.807) is 0 Å². The molecule has 0 aromatic heterocycles. The highest BCUT2D eigenvalue weighted by Gasteiger charge is 2.25. The van der Waals surface area contributed by atoms with E-state index in [4.69, 9.17) is 5.73 Å². The van der Waals surface area contributed by atoms with Gasteiger partial charge in [0, 0.05) is 25.6 Å². The molecule has 1 heterocycles. The third-order valence-corrected chi connectivity index (χ3v) is 5.49. The lowest BCUT2D eigenvalue weighted by atomic mass is 9.83. The topological polar surface area (TPSA) is 46.3 Å². The summed E-state index contributed by atoms with van der Waals surface area (Å²) in [5.74, 6) is 2.71. The minimum Gasteiger partial charge on any atom is -0.343 e. The van der Waals surface area contributed by atoms with Gasteiger partial charge in [-0.15, -0.1) is 0 Å². The summed E-state index contributed by atoms with van der Waals surface area (Å²) in [4.78, 5) is 14.4. The van der Waals surface area contributed by atoms with Crippen LogP contribution in [0, 0.1) is 17.8 Å². The molecule has 2 fully saturated rings. The summed E-state index contributed by atoms with van der Waals surface area (Å²) in [5.41, 5.74) is 5.93. The SMILES string of the molecule is CC(C)C1CCN(C(=O)CCC2CCC(N)CC2)CC1. The van der Waals surface area contributed by atoms with E-state index in [0.717, 1.165) is 56.5 Å². The second-order valence-electron chi connectivity index (χ2n) is 7.28. The maximum absolute atomic E-state index is 12.3. The Morgan fingerprint density at radius 3 is 2.25 bits per heavy atom. The van der Waals surface area contributed by atoms with Gasteiger partial charge >= 0.3 is 0 Å². The van der Waals surface area contributed by atoms with Gasteiger partial charge in [0.25, 0.3) is 0 Å². The molecule has 0 atom stereocenters. The van der Waals surface area contributed by atoms with Crippen LogP contribution >= 0.6 is 0 Å². The normalized spacial score (nSPS) is 28.9. The van der Waals surface area contributed by atoms with Crippen molar-refractivity contribution in [3.63, 3.8) is 0 Å². The van der Waals surface area contributed by atoms with Crippen LogP contribution in [-0.4, -0.2) is 29.9 Å². The van der Waals surface area contributed by atoms with Crippen LogP contribution in [0.25, 0.3) is 0 Å². The molecule has 3 nitrogen and oxygen atoms in total. The van der Waals surface area contributed by atoms with Crippen molar-refractivity contribution in [3.8, 4) is 0 Å². The summed E-state index contributed by atoms with van der Waals surface area (Å²) in [7, 11) is 0. The minimum absolute atomic E-state index is 0.391. The van der Waals surface area contributed by atoms with Gasteiger partial charge in [-0.1, -0.05) is 13.8 Å². The molecule has 0 unspecified atom stereocenters. The van der Waals surface area contributed by atoms with Crippen LogP contribution in [0.5, 0.6) is 0 Å². The van der Waals surface area contributed by atoms with Crippen LogP contribution < -0.4 is 5.73 Å². The Labute approximate surface area is 124 Å². The van der Waals surface area contributed by atoms with E-state index in [-0.39, 0.29) is 0 Å². The molecular weight excluding hydrogens is 248 g/mol. The molecule has 2 rings (SSSR count). The molecule has 1 saturated heterocycles. The van der Waals surface area contributed by atoms with Gasteiger partial charge in [-0.2, -0.15) is 0 Å². The van der Waals surface area contributed by atoms with Crippen molar-refractivity contribution in [2.75, 3.05) is 13.1 Å². The molecule has 2 N–H and O–H groups in total. The molecule has 1 aliphatic carbocycles. The molecule has 1 amide bonds. The number of piperidine rings is 1. The summed E-state index contributed by atoms with van der Waals surface area (Å²) in [5, 5.41) is 0. The molecule has 1 saturated carbocycles. The van der Waals surface area contributed by atoms with Crippen molar-refractivity contribution >= 4 is 5.91 Å². The first kappa shape index (κ1) is 15.8. The fourth-order valence-corrected chi connectivity index (χ4v) is 3.78. The number of rotatable bonds is 4. The summed E-state index contributed by atoms with van der Waals surface area (Å²) >= 11 is 0. The maximum Gasteiger partial charge on any atom is 0.222 e. The standard InChI is InChI=1S/C17H32N2O/c1-13(2)15-9-11-19(12-10-15)17(20)8-5-14-3-6-16(18)7-4-14/h13-16H,3-12,18H2,1-2H3. The lowest BCUT2D eigenvalue weighted by Crippen LogP contribution is -2.39. The second kappa shape index (κ2) is 7.44. The highest BCUT2D eigenvalue weighted by Crippen LogP contribution is 2.28. The average molecular weight is 280 g/mol. The zero-order valence-electron chi connectivity index (χ0n) is 13.3. The first-order valence-corrected chi connectivity index (χ1v) is 8.59. The molecule has 116 valence electrons. The third-order valence-electron chi connectivity index (χ3n) is 5.49. The van der Waals surface area contributed by atoms with Crippen molar-refractivity contribution in [2.45, 2.75) is 71.3 Å². The smallest absolute Gasteiger partial charge is 0.222 e. The Balaban J connectivity index is 1.65. The highest BCUT2D eigenvalue weighted by atomic mass is 16.2. The molecular formula is C17H32N2O. The molecule has 0 spiro atoms. The van der Waals surface area contributed by atoms with Crippen molar-refractivity contribution in [2.24, 2.45) is 23.5 Å². The Morgan fingerprint density at radius 2 is 1.70 bits per heavy atom. The van der Waals surface area contributed by atoms with Crippen molar-refractivity contribution in [1.82, 2.24) is 4.90 Å². The second-order valence-corrected chi connectivity index (χ2v) is 7.28. The summed E-state index contributed by atoms with van der Waals surface area (Å²) < 4.78 is 0. The van der Waals surface area contributed by atoms with Crippen LogP contribution in [0.4, 0.5) is 0 Å². The van der Waals surface area contributed by atoms with Crippen LogP contribution in [0.1, 0.15) is 65.2 Å². The van der Waals surface area contributed by atoms with Gasteiger partial charge in [0.15, 0.2) is 0 Å². The monoisotopic (exact) mass is 280 g/mol. The molecule has 0 radical (unpaired) electrons. The number of nitrogens with zero attached hydrogens (tertiary/aromatic N) is 1. The van der Waals surface area contributed by atoms with Crippen molar-refractivity contribution in [3.05, 3.63) is 0 Å². The lowest BCUT2D eigenvalue weighted by Gasteiger charge is -2.34. The predicted molar refractivity (Wildman–Crippen MR) is 83.3 cm³/mol. The largest absolute Gasteiger partial charge is 0.343 e. The Bertz CT molecular complexity index is 300. The summed E-state index contributed by atoms with van der Waals surface area (Å²) in [6.07, 6.45) is 8.98. The fourth-order valence-electron chi connectivity index (χ4n) is 3.78. The predicted octanol–water partition coefficient (Wildman–Crippen LogP) is 3.18. The van der Waals surface area contributed by atoms with Gasteiger partial charge in [0.2, 0.25) is 5.91 Å². The highest BCUT2D eigenvalue weighted by molar-refractivity contribution is 5.76. The molecule has 0 aromatic carbocycles. The Hall–Kier alpha value is -0.570. The number of likely N-dealkylation sites (tertiary alicyclic amines) is 1.